The van der Waals surface area contributed by atoms with Gasteiger partial charge < -0.3 is 14.8 Å². The topological polar surface area (TPSA) is 105 Å². The molecule has 0 bridgehead atoms. The number of fused-ring (bicyclic) bond motifs is 1. The summed E-state index contributed by atoms with van der Waals surface area (Å²) in [5.41, 5.74) is 0.211. The van der Waals surface area contributed by atoms with Crippen LogP contribution in [0.2, 0.25) is 10.2 Å². The van der Waals surface area contributed by atoms with Crippen LogP contribution in [0.3, 0.4) is 0 Å². The van der Waals surface area contributed by atoms with Crippen LogP contribution in [0.4, 0.5) is 0 Å². The third kappa shape index (κ3) is 3.32. The van der Waals surface area contributed by atoms with Crippen molar-refractivity contribution < 1.29 is 19.1 Å². The van der Waals surface area contributed by atoms with Crippen molar-refractivity contribution in [3.63, 3.8) is 0 Å². The summed E-state index contributed by atoms with van der Waals surface area (Å²) >= 11 is 11.6. The summed E-state index contributed by atoms with van der Waals surface area (Å²) in [5.74, 6) is -1.26. The lowest BCUT2D eigenvalue weighted by Gasteiger charge is -2.02. The van der Waals surface area contributed by atoms with Gasteiger partial charge in [0.25, 0.3) is 5.91 Å². The van der Waals surface area contributed by atoms with Crippen molar-refractivity contribution >= 4 is 46.0 Å². The van der Waals surface area contributed by atoms with Gasteiger partial charge in [-0.1, -0.05) is 23.2 Å². The zero-order valence-corrected chi connectivity index (χ0v) is 13.4. The molecule has 9 heteroatoms. The van der Waals surface area contributed by atoms with Crippen molar-refractivity contribution in [2.45, 2.75) is 6.54 Å². The van der Waals surface area contributed by atoms with E-state index in [0.717, 1.165) is 0 Å². The Bertz CT molecular complexity index is 955. The van der Waals surface area contributed by atoms with E-state index in [1.165, 1.54) is 18.5 Å². The Balaban J connectivity index is 1.82. The molecule has 0 radical (unpaired) electrons. The first-order chi connectivity index (χ1) is 11.4. The van der Waals surface area contributed by atoms with Gasteiger partial charge in [0, 0.05) is 10.4 Å². The monoisotopic (exact) mass is 365 g/mol. The van der Waals surface area contributed by atoms with E-state index in [4.69, 9.17) is 27.6 Å². The van der Waals surface area contributed by atoms with Crippen molar-refractivity contribution in [1.29, 1.82) is 0 Å². The van der Waals surface area contributed by atoms with Gasteiger partial charge in [0.1, 0.15) is 27.8 Å². The highest BCUT2D eigenvalue weighted by Gasteiger charge is 2.16. The highest BCUT2D eigenvalue weighted by molar-refractivity contribution is 6.32. The van der Waals surface area contributed by atoms with Gasteiger partial charge in [0.15, 0.2) is 0 Å². The standard InChI is InChI=1S/C15H9Cl2N3O4/c16-8-1-7-2-9(24-13(7)10(3-8)15(22)23)4-19-14(21)11-5-18-6-12(17)20-11/h1-3,5-6H,4H2,(H,19,21)(H,22,23). The van der Waals surface area contributed by atoms with Crippen LogP contribution in [0.25, 0.3) is 11.0 Å². The zero-order valence-electron chi connectivity index (χ0n) is 11.9. The SMILES string of the molecule is O=C(NCc1cc2cc(Cl)cc(C(=O)O)c2o1)c1cncc(Cl)n1. The predicted molar refractivity (Wildman–Crippen MR) is 86.4 cm³/mol. The number of carbonyl (C=O) groups is 2. The van der Waals surface area contributed by atoms with Gasteiger partial charge in [0.2, 0.25) is 0 Å². The van der Waals surface area contributed by atoms with Crippen LogP contribution in [0.1, 0.15) is 26.6 Å². The molecule has 24 heavy (non-hydrogen) atoms. The van der Waals surface area contributed by atoms with Crippen molar-refractivity contribution in [2.24, 2.45) is 0 Å². The van der Waals surface area contributed by atoms with Crippen LogP contribution in [-0.4, -0.2) is 27.0 Å². The number of benzene rings is 1. The van der Waals surface area contributed by atoms with Gasteiger partial charge in [0.05, 0.1) is 18.9 Å². The molecule has 7 nitrogen and oxygen atoms in total. The Morgan fingerprint density at radius 3 is 2.71 bits per heavy atom. The van der Waals surface area contributed by atoms with Crippen LogP contribution in [0.5, 0.6) is 0 Å². The van der Waals surface area contributed by atoms with Crippen LogP contribution in [-0.2, 0) is 6.54 Å². The van der Waals surface area contributed by atoms with Crippen LogP contribution in [0, 0.1) is 0 Å². The summed E-state index contributed by atoms with van der Waals surface area (Å²) in [7, 11) is 0. The molecule has 0 spiro atoms. The first-order valence-electron chi connectivity index (χ1n) is 6.65. The maximum atomic E-state index is 12.0. The Morgan fingerprint density at radius 2 is 2.00 bits per heavy atom. The largest absolute Gasteiger partial charge is 0.478 e. The molecule has 1 amide bonds. The smallest absolute Gasteiger partial charge is 0.339 e. The second kappa shape index (κ2) is 6.46. The molecular weight excluding hydrogens is 357 g/mol. The number of carboxylic acids is 1. The molecule has 0 fully saturated rings. The number of aromatic nitrogens is 2. The van der Waals surface area contributed by atoms with Crippen molar-refractivity contribution in [3.05, 3.63) is 57.8 Å². The fourth-order valence-corrected chi connectivity index (χ4v) is 2.50. The summed E-state index contributed by atoms with van der Waals surface area (Å²) in [6, 6.07) is 4.50. The number of nitrogens with zero attached hydrogens (tertiary/aromatic N) is 2. The molecule has 2 aromatic heterocycles. The second-order valence-electron chi connectivity index (χ2n) is 4.80. The van der Waals surface area contributed by atoms with Crippen LogP contribution < -0.4 is 5.32 Å². The highest BCUT2D eigenvalue weighted by Crippen LogP contribution is 2.27. The van der Waals surface area contributed by atoms with E-state index in [0.29, 0.717) is 11.1 Å². The van der Waals surface area contributed by atoms with Gasteiger partial charge in [-0.15, -0.1) is 0 Å². The number of halogens is 2. The molecule has 0 aliphatic rings. The minimum absolute atomic E-state index is 0.0401. The predicted octanol–water partition coefficient (Wildman–Crippen LogP) is 3.16. The van der Waals surface area contributed by atoms with E-state index in [1.54, 1.807) is 12.1 Å². The van der Waals surface area contributed by atoms with E-state index in [9.17, 15) is 14.7 Å². The van der Waals surface area contributed by atoms with Crippen molar-refractivity contribution in [1.82, 2.24) is 15.3 Å². The lowest BCUT2D eigenvalue weighted by molar-refractivity contribution is 0.0697. The molecule has 0 aliphatic carbocycles. The third-order valence-corrected chi connectivity index (χ3v) is 3.52. The highest BCUT2D eigenvalue weighted by atomic mass is 35.5. The molecule has 2 N–H and O–H groups in total. The number of nitrogens with one attached hydrogen (secondary N) is 1. The Hall–Kier alpha value is -2.64. The second-order valence-corrected chi connectivity index (χ2v) is 5.62. The quantitative estimate of drug-likeness (QED) is 0.735. The number of rotatable bonds is 4. The van der Waals surface area contributed by atoms with E-state index in [2.05, 4.69) is 15.3 Å². The lowest BCUT2D eigenvalue weighted by atomic mass is 10.1. The van der Waals surface area contributed by atoms with Crippen LogP contribution in [0.15, 0.2) is 35.0 Å². The van der Waals surface area contributed by atoms with Gasteiger partial charge >= 0.3 is 5.97 Å². The van der Waals surface area contributed by atoms with Crippen molar-refractivity contribution in [3.8, 4) is 0 Å². The molecular formula is C15H9Cl2N3O4. The van der Waals surface area contributed by atoms with Crippen molar-refractivity contribution in [2.75, 3.05) is 0 Å². The maximum absolute atomic E-state index is 12.0. The number of aromatic carboxylic acids is 1. The molecule has 3 rings (SSSR count). The van der Waals surface area contributed by atoms with Gasteiger partial charge in [-0.05, 0) is 18.2 Å². The normalized spacial score (nSPS) is 10.8. The first-order valence-corrected chi connectivity index (χ1v) is 7.40. The molecule has 0 unspecified atom stereocenters. The molecule has 0 atom stereocenters. The molecule has 1 aromatic carbocycles. The van der Waals surface area contributed by atoms with E-state index < -0.39 is 11.9 Å². The number of furan rings is 1. The fourth-order valence-electron chi connectivity index (χ4n) is 2.13. The fraction of sp³-hybridized carbons (Fsp3) is 0.0667. The minimum atomic E-state index is -1.15. The first kappa shape index (κ1) is 16.2. The molecule has 0 aliphatic heterocycles. The summed E-state index contributed by atoms with van der Waals surface area (Å²) in [5, 5.41) is 12.7. The van der Waals surface area contributed by atoms with Gasteiger partial charge in [-0.3, -0.25) is 9.78 Å². The third-order valence-electron chi connectivity index (χ3n) is 3.12. The van der Waals surface area contributed by atoms with Crippen LogP contribution >= 0.6 is 23.2 Å². The average Bonchev–Trinajstić information content (AvgIpc) is 2.94. The van der Waals surface area contributed by atoms with E-state index in [-0.39, 0.29) is 33.6 Å². The Morgan fingerprint density at radius 1 is 1.21 bits per heavy atom. The number of amides is 1. The number of carbonyl (C=O) groups excluding carboxylic acids is 1. The maximum Gasteiger partial charge on any atom is 0.339 e. The van der Waals surface area contributed by atoms with E-state index >= 15 is 0 Å². The van der Waals surface area contributed by atoms with E-state index in [1.807, 2.05) is 0 Å². The van der Waals surface area contributed by atoms with Gasteiger partial charge in [-0.25, -0.2) is 9.78 Å². The summed E-state index contributed by atoms with van der Waals surface area (Å²) in [4.78, 5) is 30.8. The Kier molecular flexibility index (Phi) is 4.37. The minimum Gasteiger partial charge on any atom is -0.478 e. The summed E-state index contributed by atoms with van der Waals surface area (Å²) in [6.07, 6.45) is 2.59. The summed E-state index contributed by atoms with van der Waals surface area (Å²) in [6.45, 7) is 0.0401. The molecule has 0 saturated heterocycles. The zero-order chi connectivity index (χ0) is 17.3. The molecule has 3 aromatic rings. The number of hydrogen-bond acceptors (Lipinski definition) is 5. The number of carboxylic acid groups (broad SMARTS) is 1. The average molecular weight is 366 g/mol. The lowest BCUT2D eigenvalue weighted by Crippen LogP contribution is -2.23. The molecule has 2 heterocycles. The Labute approximate surface area is 145 Å². The molecule has 122 valence electrons. The summed E-state index contributed by atoms with van der Waals surface area (Å²) < 4.78 is 5.51. The number of hydrogen-bond donors (Lipinski definition) is 2. The molecule has 0 saturated carbocycles. The van der Waals surface area contributed by atoms with Gasteiger partial charge in [-0.2, -0.15) is 0 Å².